The molecule has 0 aliphatic rings. The summed E-state index contributed by atoms with van der Waals surface area (Å²) in [6.45, 7) is 0.0255. The van der Waals surface area contributed by atoms with Crippen LogP contribution in [0.4, 0.5) is 4.39 Å². The molecule has 18 heavy (non-hydrogen) atoms. The molecule has 0 fully saturated rings. The molecule has 1 aromatic heterocycles. The monoisotopic (exact) mass is 248 g/mol. The van der Waals surface area contributed by atoms with E-state index in [1.165, 1.54) is 30.5 Å². The summed E-state index contributed by atoms with van der Waals surface area (Å²) >= 11 is 0. The van der Waals surface area contributed by atoms with E-state index in [1.807, 2.05) is 0 Å². The number of rotatable bonds is 3. The molecule has 0 amide bonds. The summed E-state index contributed by atoms with van der Waals surface area (Å²) in [5.74, 6) is -1.88. The van der Waals surface area contributed by atoms with Gasteiger partial charge < -0.3 is 5.11 Å². The first kappa shape index (κ1) is 12.0. The summed E-state index contributed by atoms with van der Waals surface area (Å²) in [4.78, 5) is 22.2. The highest BCUT2D eigenvalue weighted by Gasteiger charge is 2.08. The zero-order chi connectivity index (χ0) is 13.1. The number of nitrogens with zero attached hydrogens (tertiary/aromatic N) is 2. The van der Waals surface area contributed by atoms with Crippen molar-refractivity contribution in [2.75, 3.05) is 0 Å². The Hall–Kier alpha value is -2.50. The Morgan fingerprint density at radius 3 is 2.83 bits per heavy atom. The molecule has 0 spiro atoms. The van der Waals surface area contributed by atoms with Gasteiger partial charge in [-0.3, -0.25) is 4.79 Å². The molecule has 1 heterocycles. The average molecular weight is 248 g/mol. The molecule has 1 aromatic carbocycles. The number of carboxylic acids is 1. The maximum Gasteiger partial charge on any atom is 0.335 e. The summed E-state index contributed by atoms with van der Waals surface area (Å²) < 4.78 is 14.3. The quantitative estimate of drug-likeness (QED) is 0.883. The molecule has 0 radical (unpaired) electrons. The Kier molecular flexibility index (Phi) is 3.18. The Balaban J connectivity index is 2.38. The van der Waals surface area contributed by atoms with E-state index in [0.717, 1.165) is 10.7 Å². The molecule has 1 N–H and O–H groups in total. The number of hydrogen-bond donors (Lipinski definition) is 1. The minimum Gasteiger partial charge on any atom is -0.478 e. The minimum absolute atomic E-state index is 0.0255. The van der Waals surface area contributed by atoms with E-state index in [9.17, 15) is 14.0 Å². The highest BCUT2D eigenvalue weighted by atomic mass is 19.1. The van der Waals surface area contributed by atoms with Crippen molar-refractivity contribution in [1.82, 2.24) is 9.78 Å². The smallest absolute Gasteiger partial charge is 0.335 e. The first-order valence-electron chi connectivity index (χ1n) is 5.11. The summed E-state index contributed by atoms with van der Waals surface area (Å²) in [7, 11) is 0. The molecule has 0 aliphatic heterocycles. The van der Waals surface area contributed by atoms with Crippen molar-refractivity contribution in [2.24, 2.45) is 0 Å². The highest BCUT2D eigenvalue weighted by molar-refractivity contribution is 5.87. The molecule has 0 atom stereocenters. The predicted octanol–water partition coefficient (Wildman–Crippen LogP) is 1.13. The van der Waals surface area contributed by atoms with E-state index in [0.29, 0.717) is 5.56 Å². The Morgan fingerprint density at radius 2 is 2.17 bits per heavy atom. The number of halogens is 1. The number of carbonyl (C=O) groups is 1. The van der Waals surface area contributed by atoms with Gasteiger partial charge in [0, 0.05) is 12.3 Å². The van der Waals surface area contributed by atoms with Crippen LogP contribution in [0.2, 0.25) is 0 Å². The summed E-state index contributed by atoms with van der Waals surface area (Å²) in [5.41, 5.74) is -0.124. The van der Waals surface area contributed by atoms with E-state index in [4.69, 9.17) is 5.11 Å². The van der Waals surface area contributed by atoms with Crippen LogP contribution in [0.25, 0.3) is 0 Å². The molecule has 5 nitrogen and oxygen atoms in total. The lowest BCUT2D eigenvalue weighted by atomic mass is 10.1. The van der Waals surface area contributed by atoms with E-state index in [1.54, 1.807) is 0 Å². The van der Waals surface area contributed by atoms with Crippen molar-refractivity contribution < 1.29 is 14.3 Å². The van der Waals surface area contributed by atoms with Gasteiger partial charge in [0.25, 0.3) is 5.56 Å². The fourth-order valence-electron chi connectivity index (χ4n) is 1.54. The fourth-order valence-corrected chi connectivity index (χ4v) is 1.54. The van der Waals surface area contributed by atoms with E-state index in [-0.39, 0.29) is 17.7 Å². The van der Waals surface area contributed by atoms with E-state index in [2.05, 4.69) is 5.10 Å². The second-order valence-corrected chi connectivity index (χ2v) is 3.67. The van der Waals surface area contributed by atoms with Crippen molar-refractivity contribution in [1.29, 1.82) is 0 Å². The fraction of sp³-hybridized carbons (Fsp3) is 0.0833. The first-order valence-corrected chi connectivity index (χ1v) is 5.11. The Bertz CT molecular complexity index is 652. The lowest BCUT2D eigenvalue weighted by Crippen LogP contribution is -2.21. The molecule has 92 valence electrons. The van der Waals surface area contributed by atoms with Gasteiger partial charge in [-0.2, -0.15) is 5.10 Å². The molecule has 2 rings (SSSR count). The van der Waals surface area contributed by atoms with Gasteiger partial charge in [-0.25, -0.2) is 13.9 Å². The van der Waals surface area contributed by atoms with Crippen molar-refractivity contribution in [2.45, 2.75) is 6.54 Å². The zero-order valence-corrected chi connectivity index (χ0v) is 9.21. The molecule has 0 saturated carbocycles. The summed E-state index contributed by atoms with van der Waals surface area (Å²) in [6.07, 6.45) is 1.43. The highest BCUT2D eigenvalue weighted by Crippen LogP contribution is 2.10. The second kappa shape index (κ2) is 4.79. The van der Waals surface area contributed by atoms with Gasteiger partial charge in [0.05, 0.1) is 12.1 Å². The first-order chi connectivity index (χ1) is 8.56. The van der Waals surface area contributed by atoms with E-state index >= 15 is 0 Å². The third-order valence-corrected chi connectivity index (χ3v) is 2.32. The maximum absolute atomic E-state index is 13.2. The van der Waals surface area contributed by atoms with Gasteiger partial charge in [0.2, 0.25) is 0 Å². The van der Waals surface area contributed by atoms with Crippen molar-refractivity contribution in [3.8, 4) is 0 Å². The summed E-state index contributed by atoms with van der Waals surface area (Å²) in [5, 5.41) is 12.6. The third kappa shape index (κ3) is 2.60. The van der Waals surface area contributed by atoms with Gasteiger partial charge in [0.1, 0.15) is 5.82 Å². The van der Waals surface area contributed by atoms with Crippen LogP contribution >= 0.6 is 0 Å². The van der Waals surface area contributed by atoms with Gasteiger partial charge in [-0.05, 0) is 29.8 Å². The van der Waals surface area contributed by atoms with Crippen LogP contribution in [0.5, 0.6) is 0 Å². The van der Waals surface area contributed by atoms with Crippen LogP contribution in [0.3, 0.4) is 0 Å². The number of carboxylic acid groups (broad SMARTS) is 1. The largest absolute Gasteiger partial charge is 0.478 e. The van der Waals surface area contributed by atoms with Gasteiger partial charge in [0.15, 0.2) is 0 Å². The molecule has 0 aliphatic carbocycles. The summed E-state index contributed by atoms with van der Waals surface area (Å²) in [6, 6.07) is 6.23. The molecular formula is C12H9FN2O3. The van der Waals surface area contributed by atoms with Crippen molar-refractivity contribution >= 4 is 5.97 Å². The Morgan fingerprint density at radius 1 is 1.39 bits per heavy atom. The number of benzene rings is 1. The molecular weight excluding hydrogens is 239 g/mol. The number of aromatic carboxylic acids is 1. The zero-order valence-electron chi connectivity index (χ0n) is 9.21. The molecule has 0 saturated heterocycles. The molecule has 6 heteroatoms. The average Bonchev–Trinajstić information content (AvgIpc) is 2.31. The molecule has 2 aromatic rings. The second-order valence-electron chi connectivity index (χ2n) is 3.67. The standard InChI is InChI=1S/C12H9FN2O3/c13-10-5-8(4-9(6-10)12(17)18)7-15-11(16)2-1-3-14-15/h1-6H,7H2,(H,17,18). The minimum atomic E-state index is -1.22. The topological polar surface area (TPSA) is 72.2 Å². The lowest BCUT2D eigenvalue weighted by molar-refractivity contribution is 0.0696. The van der Waals surface area contributed by atoms with Crippen LogP contribution in [-0.2, 0) is 6.54 Å². The van der Waals surface area contributed by atoms with Crippen LogP contribution < -0.4 is 5.56 Å². The van der Waals surface area contributed by atoms with E-state index < -0.39 is 11.8 Å². The number of hydrogen-bond acceptors (Lipinski definition) is 3. The Labute approximate surface area is 101 Å². The molecule has 0 unspecified atom stereocenters. The third-order valence-electron chi connectivity index (χ3n) is 2.32. The van der Waals surface area contributed by atoms with Crippen LogP contribution in [-0.4, -0.2) is 20.9 Å². The molecule has 0 bridgehead atoms. The van der Waals surface area contributed by atoms with Crippen LogP contribution in [0, 0.1) is 5.82 Å². The van der Waals surface area contributed by atoms with Gasteiger partial charge in [-0.1, -0.05) is 0 Å². The van der Waals surface area contributed by atoms with Crippen molar-refractivity contribution in [3.05, 3.63) is 63.8 Å². The van der Waals surface area contributed by atoms with Gasteiger partial charge in [-0.15, -0.1) is 0 Å². The van der Waals surface area contributed by atoms with Crippen LogP contribution in [0.15, 0.2) is 41.3 Å². The SMILES string of the molecule is O=C(O)c1cc(F)cc(Cn2ncccc2=O)c1. The predicted molar refractivity (Wildman–Crippen MR) is 61.0 cm³/mol. The van der Waals surface area contributed by atoms with Crippen molar-refractivity contribution in [3.63, 3.8) is 0 Å². The normalized spacial score (nSPS) is 10.3. The number of aromatic nitrogens is 2. The van der Waals surface area contributed by atoms with Gasteiger partial charge >= 0.3 is 5.97 Å². The lowest BCUT2D eigenvalue weighted by Gasteiger charge is -2.05. The maximum atomic E-state index is 13.2. The van der Waals surface area contributed by atoms with Crippen LogP contribution in [0.1, 0.15) is 15.9 Å².